The first-order valence-corrected chi connectivity index (χ1v) is 18.7. The maximum Gasteiger partial charge on any atom is 0.281 e. The van der Waals surface area contributed by atoms with Crippen molar-refractivity contribution in [1.29, 1.82) is 0 Å². The second-order valence-electron chi connectivity index (χ2n) is 14.3. The molecule has 5 atom stereocenters. The van der Waals surface area contributed by atoms with Crippen molar-refractivity contribution < 1.29 is 43.1 Å². The molecular formula is C35H47N4O8S+. The molecular weight excluding hydrogens is 636 g/mol. The Labute approximate surface area is 281 Å². The van der Waals surface area contributed by atoms with Crippen LogP contribution in [0.15, 0.2) is 30.4 Å². The van der Waals surface area contributed by atoms with Crippen molar-refractivity contribution >= 4 is 38.5 Å². The van der Waals surface area contributed by atoms with Gasteiger partial charge in [0.05, 0.1) is 34.9 Å². The zero-order valence-corrected chi connectivity index (χ0v) is 28.8. The van der Waals surface area contributed by atoms with Crippen LogP contribution in [0, 0.1) is 18.3 Å². The summed E-state index contributed by atoms with van der Waals surface area (Å²) in [4.78, 5) is 47.9. The van der Waals surface area contributed by atoms with Crippen LogP contribution in [0.25, 0.3) is 10.9 Å². The summed E-state index contributed by atoms with van der Waals surface area (Å²) in [5.74, 6) is -0.578. The minimum atomic E-state index is -3.80. The highest BCUT2D eigenvalue weighted by molar-refractivity contribution is 7.90. The Morgan fingerprint density at radius 1 is 1.17 bits per heavy atom. The summed E-state index contributed by atoms with van der Waals surface area (Å²) in [6.45, 7) is 5.66. The third-order valence-electron chi connectivity index (χ3n) is 10.1. The lowest BCUT2D eigenvalue weighted by atomic mass is 9.91. The molecule has 1 saturated heterocycles. The number of sulfonamides is 1. The van der Waals surface area contributed by atoms with Crippen molar-refractivity contribution in [3.8, 4) is 17.4 Å². The lowest BCUT2D eigenvalue weighted by molar-refractivity contribution is -0.407. The quantitative estimate of drug-likeness (QED) is 0.370. The van der Waals surface area contributed by atoms with Crippen LogP contribution in [0.2, 0.25) is 0 Å². The molecule has 2 saturated carbocycles. The Balaban J connectivity index is 1.30. The van der Waals surface area contributed by atoms with Gasteiger partial charge in [-0.15, -0.1) is 0 Å². The zero-order chi connectivity index (χ0) is 34.4. The number of carbonyl (C=O) groups excluding carboxylic acids is 3. The number of aromatic nitrogens is 1. The van der Waals surface area contributed by atoms with Gasteiger partial charge in [-0.2, -0.15) is 0 Å². The molecule has 12 nitrogen and oxygen atoms in total. The van der Waals surface area contributed by atoms with Crippen LogP contribution in [0.3, 0.4) is 0 Å². The first kappa shape index (κ1) is 34.2. The van der Waals surface area contributed by atoms with E-state index in [1.54, 1.807) is 30.0 Å². The average molecular weight is 684 g/mol. The van der Waals surface area contributed by atoms with Gasteiger partial charge in [-0.25, -0.2) is 13.4 Å². The lowest BCUT2D eigenvalue weighted by Gasteiger charge is -2.26. The van der Waals surface area contributed by atoms with Gasteiger partial charge in [0.25, 0.3) is 5.91 Å². The first-order chi connectivity index (χ1) is 22.8. The number of rotatable bonds is 7. The van der Waals surface area contributed by atoms with Crippen LogP contribution in [-0.2, 0) is 24.4 Å². The molecule has 0 unspecified atom stereocenters. The summed E-state index contributed by atoms with van der Waals surface area (Å²) in [6.07, 6.45) is 8.70. The number of nitrogens with one attached hydrogen (secondary N) is 1. The van der Waals surface area contributed by atoms with E-state index in [2.05, 4.69) is 15.4 Å². The molecule has 0 radical (unpaired) electrons. The molecule has 1 aromatic heterocycles. The van der Waals surface area contributed by atoms with Crippen LogP contribution in [0.1, 0.15) is 83.6 Å². The SMILES string of the molecule is Cc1c(O)ccc2c(O[C@@H]3C[C@H]4C(=O)C[C@]5(C(=O)NS(=O)(=O)C6CC6)C[C@@H]5/C=C\CCCCC[C@H]([NH3+])C(=O)N4C3)cc(OC(C)C)nc12. The van der Waals surface area contributed by atoms with E-state index < -0.39 is 44.8 Å². The van der Waals surface area contributed by atoms with E-state index in [4.69, 9.17) is 9.47 Å². The number of benzene rings is 1. The minimum Gasteiger partial charge on any atom is -0.508 e. The molecule has 1 aromatic carbocycles. The molecule has 2 amide bonds. The topological polar surface area (TPSA) is 180 Å². The zero-order valence-electron chi connectivity index (χ0n) is 27.9. The molecule has 4 aliphatic rings. The highest BCUT2D eigenvalue weighted by Crippen LogP contribution is 2.57. The van der Waals surface area contributed by atoms with E-state index in [1.165, 1.54) is 0 Å². The number of allylic oxidation sites excluding steroid dienone is 2. The molecule has 3 fully saturated rings. The van der Waals surface area contributed by atoms with Crippen molar-refractivity contribution in [3.05, 3.63) is 35.9 Å². The number of aromatic hydroxyl groups is 1. The number of fused-ring (bicyclic) bond motifs is 3. The van der Waals surface area contributed by atoms with Gasteiger partial charge in [-0.05, 0) is 77.3 Å². The van der Waals surface area contributed by atoms with Crippen LogP contribution >= 0.6 is 0 Å². The molecule has 5 N–H and O–H groups in total. The number of phenolic OH excluding ortho intramolecular Hbond substituents is 1. The van der Waals surface area contributed by atoms with Gasteiger partial charge in [0.2, 0.25) is 21.8 Å². The smallest absolute Gasteiger partial charge is 0.281 e. The maximum absolute atomic E-state index is 14.2. The average Bonchev–Trinajstić information content (AvgIpc) is 3.95. The summed E-state index contributed by atoms with van der Waals surface area (Å²) < 4.78 is 40.2. The summed E-state index contributed by atoms with van der Waals surface area (Å²) in [5.41, 5.74) is 4.05. The number of nitrogens with zero attached hydrogens (tertiary/aromatic N) is 2. The largest absolute Gasteiger partial charge is 0.508 e. The Bertz CT molecular complexity index is 1740. The lowest BCUT2D eigenvalue weighted by Crippen LogP contribution is -2.68. The number of Topliss-reactive ketones (excluding diaryl/α,β-unsaturated/α-hetero) is 1. The number of hydrogen-bond acceptors (Lipinski definition) is 9. The van der Waals surface area contributed by atoms with E-state index in [0.29, 0.717) is 53.8 Å². The summed E-state index contributed by atoms with van der Waals surface area (Å²) in [6, 6.07) is 3.56. The molecule has 13 heteroatoms. The molecule has 6 rings (SSSR count). The van der Waals surface area contributed by atoms with Crippen LogP contribution in [0.4, 0.5) is 0 Å². The van der Waals surface area contributed by atoms with Gasteiger partial charge in [0.15, 0.2) is 11.8 Å². The maximum atomic E-state index is 14.2. The summed E-state index contributed by atoms with van der Waals surface area (Å²) in [7, 11) is -3.80. The number of ketones is 1. The number of hydrogen-bond donors (Lipinski definition) is 3. The summed E-state index contributed by atoms with van der Waals surface area (Å²) in [5, 5.41) is 10.5. The predicted molar refractivity (Wildman–Crippen MR) is 178 cm³/mol. The Morgan fingerprint density at radius 2 is 1.94 bits per heavy atom. The monoisotopic (exact) mass is 683 g/mol. The highest BCUT2D eigenvalue weighted by Gasteiger charge is 2.61. The first-order valence-electron chi connectivity index (χ1n) is 17.1. The second-order valence-corrected chi connectivity index (χ2v) is 16.2. The molecule has 0 bridgehead atoms. The van der Waals surface area contributed by atoms with Crippen molar-refractivity contribution in [2.24, 2.45) is 11.3 Å². The Morgan fingerprint density at radius 3 is 2.67 bits per heavy atom. The van der Waals surface area contributed by atoms with Gasteiger partial charge in [0, 0.05) is 36.3 Å². The molecule has 3 heterocycles. The number of aryl methyl sites for hydroxylation is 1. The summed E-state index contributed by atoms with van der Waals surface area (Å²) >= 11 is 0. The molecule has 2 aliphatic carbocycles. The minimum absolute atomic E-state index is 0.0863. The standard InChI is InChI=1S/C35H46N4O8S/c1-20(2)46-31-16-30(25-13-14-28(40)21(3)32(25)37-31)47-23-15-27-29(41)18-35(34(43)38-48(44,45)24-11-12-24)17-22(35)9-7-5-4-6-8-10-26(36)33(42)39(27)19-23/h7,9,13-14,16,20,22-24,26-27,40H,4-6,8,10-12,15,17-19,36H2,1-3H3,(H,38,43)/p+1/b9-7-/t22-,23+,26-,27-,35+/m0/s1. The van der Waals surface area contributed by atoms with Crippen LogP contribution < -0.4 is 19.9 Å². The van der Waals surface area contributed by atoms with E-state index >= 15 is 0 Å². The number of amides is 2. The van der Waals surface area contributed by atoms with Crippen molar-refractivity contribution in [2.75, 3.05) is 6.54 Å². The van der Waals surface area contributed by atoms with Crippen molar-refractivity contribution in [1.82, 2.24) is 14.6 Å². The number of carbonyl (C=O) groups is 3. The van der Waals surface area contributed by atoms with Gasteiger partial charge < -0.3 is 25.2 Å². The Hall–Kier alpha value is -3.71. The fraction of sp³-hybridized carbons (Fsp3) is 0.600. The predicted octanol–water partition coefficient (Wildman–Crippen LogP) is 3.09. The van der Waals surface area contributed by atoms with Gasteiger partial charge in [-0.3, -0.25) is 19.1 Å². The second kappa shape index (κ2) is 13.3. The third-order valence-corrected chi connectivity index (χ3v) is 11.9. The highest BCUT2D eigenvalue weighted by atomic mass is 32.2. The van der Waals surface area contributed by atoms with Gasteiger partial charge in [0.1, 0.15) is 17.6 Å². The van der Waals surface area contributed by atoms with Crippen LogP contribution in [0.5, 0.6) is 17.4 Å². The number of quaternary nitrogens is 1. The van der Waals surface area contributed by atoms with E-state index in [-0.39, 0.29) is 48.8 Å². The molecule has 260 valence electrons. The number of ether oxygens (including phenoxy) is 2. The number of phenols is 1. The molecule has 2 aromatic rings. The van der Waals surface area contributed by atoms with E-state index in [0.717, 1.165) is 25.7 Å². The Kier molecular flexibility index (Phi) is 9.47. The van der Waals surface area contributed by atoms with Crippen molar-refractivity contribution in [3.63, 3.8) is 0 Å². The molecule has 48 heavy (non-hydrogen) atoms. The van der Waals surface area contributed by atoms with Gasteiger partial charge in [-0.1, -0.05) is 18.6 Å². The normalized spacial score (nSPS) is 29.1. The van der Waals surface area contributed by atoms with E-state index in [9.17, 15) is 27.9 Å². The number of pyridine rings is 1. The van der Waals surface area contributed by atoms with E-state index in [1.807, 2.05) is 26.0 Å². The fourth-order valence-electron chi connectivity index (χ4n) is 7.08. The fourth-order valence-corrected chi connectivity index (χ4v) is 8.46. The molecule has 0 spiro atoms. The van der Waals surface area contributed by atoms with Crippen molar-refractivity contribution in [2.45, 2.75) is 115 Å². The molecule has 2 aliphatic heterocycles. The van der Waals surface area contributed by atoms with Gasteiger partial charge >= 0.3 is 0 Å². The van der Waals surface area contributed by atoms with Crippen LogP contribution in [-0.4, -0.2) is 77.1 Å². The third kappa shape index (κ3) is 7.03.